The zero-order valence-corrected chi connectivity index (χ0v) is 26.6. The van der Waals surface area contributed by atoms with Gasteiger partial charge in [0.25, 0.3) is 0 Å². The van der Waals surface area contributed by atoms with E-state index < -0.39 is 7.12 Å². The van der Waals surface area contributed by atoms with Crippen molar-refractivity contribution in [2.45, 2.75) is 33.6 Å². The van der Waals surface area contributed by atoms with E-state index in [4.69, 9.17) is 0 Å². The molecule has 4 nitrogen and oxygen atoms in total. The summed E-state index contributed by atoms with van der Waals surface area (Å²) >= 11 is 0. The fourth-order valence-electron chi connectivity index (χ4n) is 6.10. The number of hydrogen-bond acceptors (Lipinski definition) is 2. The maximum absolute atomic E-state index is 9.43. The molecule has 0 aliphatic rings. The number of fused-ring (bicyclic) bond motifs is 6. The van der Waals surface area contributed by atoms with Gasteiger partial charge in [-0.15, -0.1) is 0 Å². The van der Waals surface area contributed by atoms with Crippen LogP contribution in [0.25, 0.3) is 55.0 Å². The molecule has 0 aliphatic carbocycles. The molecule has 46 heavy (non-hydrogen) atoms. The van der Waals surface area contributed by atoms with Gasteiger partial charge in [-0.25, -0.2) is 0 Å². The van der Waals surface area contributed by atoms with Gasteiger partial charge in [0.1, 0.15) is 0 Å². The van der Waals surface area contributed by atoms with E-state index in [9.17, 15) is 10.0 Å². The van der Waals surface area contributed by atoms with Crippen LogP contribution in [0.3, 0.4) is 0 Å². The second kappa shape index (κ2) is 13.9. The molecule has 2 heterocycles. The standard InChI is InChI=1S/C20H17N.C18H14BNO2.C3H8/c1-2-15-12-13-20-18(14-15)17-10-6-7-11-19(17)21(20)16-8-4-3-5-9-16;21-19(22)13-10-11-18-16(12-13)15-8-4-5-9-17(15)20(18)14-6-2-1-3-7-14;1-3-2/h3-14H,2H2,1H3;1-12,21-22H;3H2,1-2H3. The van der Waals surface area contributed by atoms with Crippen LogP contribution in [0.5, 0.6) is 0 Å². The Morgan fingerprint density at radius 2 is 0.870 bits per heavy atom. The Balaban J connectivity index is 0.000000149. The highest BCUT2D eigenvalue weighted by Gasteiger charge is 2.16. The number of aryl methyl sites for hydroxylation is 1. The van der Waals surface area contributed by atoms with E-state index in [1.54, 1.807) is 6.07 Å². The Kier molecular flexibility index (Phi) is 9.34. The average molecular weight is 603 g/mol. The molecule has 0 atom stereocenters. The van der Waals surface area contributed by atoms with Gasteiger partial charge in [0.05, 0.1) is 22.1 Å². The van der Waals surface area contributed by atoms with Crippen LogP contribution in [0.2, 0.25) is 0 Å². The summed E-state index contributed by atoms with van der Waals surface area (Å²) in [5.74, 6) is 0. The molecule has 0 aliphatic heterocycles. The lowest BCUT2D eigenvalue weighted by Gasteiger charge is -2.07. The number of hydrogen-bond donors (Lipinski definition) is 2. The maximum atomic E-state index is 9.43. The van der Waals surface area contributed by atoms with Gasteiger partial charge in [-0.05, 0) is 72.0 Å². The Bertz CT molecular complexity index is 2220. The quantitative estimate of drug-likeness (QED) is 0.197. The highest BCUT2D eigenvalue weighted by Crippen LogP contribution is 2.33. The number of rotatable bonds is 4. The van der Waals surface area contributed by atoms with Crippen molar-refractivity contribution in [2.24, 2.45) is 0 Å². The van der Waals surface area contributed by atoms with Crippen molar-refractivity contribution in [1.29, 1.82) is 0 Å². The number of para-hydroxylation sites is 4. The SMILES string of the molecule is CCC.CCc1ccc2c(c1)c1ccccc1n2-c1ccccc1.OB(O)c1ccc2c(c1)c1ccccc1n2-c1ccccc1. The molecule has 0 bridgehead atoms. The van der Waals surface area contributed by atoms with Gasteiger partial charge in [0, 0.05) is 32.9 Å². The summed E-state index contributed by atoms with van der Waals surface area (Å²) in [4.78, 5) is 0. The van der Waals surface area contributed by atoms with E-state index in [0.717, 1.165) is 33.9 Å². The van der Waals surface area contributed by atoms with Crippen molar-refractivity contribution in [3.05, 3.63) is 151 Å². The fourth-order valence-corrected chi connectivity index (χ4v) is 6.10. The number of aromatic nitrogens is 2. The Labute approximate surface area is 270 Å². The van der Waals surface area contributed by atoms with Crippen molar-refractivity contribution >= 4 is 56.2 Å². The van der Waals surface area contributed by atoms with Crippen LogP contribution < -0.4 is 5.46 Å². The minimum absolute atomic E-state index is 0.503. The first-order valence-corrected chi connectivity index (χ1v) is 16.1. The minimum Gasteiger partial charge on any atom is -0.423 e. The van der Waals surface area contributed by atoms with Gasteiger partial charge in [-0.1, -0.05) is 118 Å². The second-order valence-electron chi connectivity index (χ2n) is 11.4. The largest absolute Gasteiger partial charge is 0.488 e. The molecule has 2 aromatic heterocycles. The Morgan fingerprint density at radius 3 is 1.35 bits per heavy atom. The third-order valence-corrected chi connectivity index (χ3v) is 8.17. The number of nitrogens with zero attached hydrogens (tertiary/aromatic N) is 2. The molecule has 0 spiro atoms. The van der Waals surface area contributed by atoms with Gasteiger partial charge in [0.2, 0.25) is 0 Å². The predicted molar refractivity (Wildman–Crippen MR) is 197 cm³/mol. The molecule has 0 radical (unpaired) electrons. The Hall–Kier alpha value is -5.10. The average Bonchev–Trinajstić information content (AvgIpc) is 3.62. The zero-order valence-electron chi connectivity index (χ0n) is 26.6. The smallest absolute Gasteiger partial charge is 0.423 e. The monoisotopic (exact) mass is 602 g/mol. The summed E-state index contributed by atoms with van der Waals surface area (Å²) in [6, 6.07) is 49.9. The van der Waals surface area contributed by atoms with E-state index in [1.165, 1.54) is 39.5 Å². The third kappa shape index (κ3) is 5.95. The van der Waals surface area contributed by atoms with E-state index in [0.29, 0.717) is 5.46 Å². The first kappa shape index (κ1) is 30.9. The van der Waals surface area contributed by atoms with Crippen molar-refractivity contribution in [3.8, 4) is 11.4 Å². The van der Waals surface area contributed by atoms with Crippen molar-refractivity contribution in [3.63, 3.8) is 0 Å². The van der Waals surface area contributed by atoms with Crippen LogP contribution in [0.15, 0.2) is 146 Å². The zero-order chi connectivity index (χ0) is 32.0. The molecule has 6 aromatic carbocycles. The highest BCUT2D eigenvalue weighted by molar-refractivity contribution is 6.59. The second-order valence-corrected chi connectivity index (χ2v) is 11.4. The molecule has 0 unspecified atom stereocenters. The summed E-state index contributed by atoms with van der Waals surface area (Å²) in [6.45, 7) is 6.46. The normalized spacial score (nSPS) is 10.9. The molecular formula is C41H39BN2O2. The summed E-state index contributed by atoms with van der Waals surface area (Å²) < 4.78 is 4.54. The lowest BCUT2D eigenvalue weighted by Crippen LogP contribution is -2.29. The first-order chi connectivity index (χ1) is 22.5. The fraction of sp³-hybridized carbons (Fsp3) is 0.122. The van der Waals surface area contributed by atoms with Crippen molar-refractivity contribution < 1.29 is 10.0 Å². The van der Waals surface area contributed by atoms with E-state index >= 15 is 0 Å². The van der Waals surface area contributed by atoms with E-state index in [1.807, 2.05) is 42.5 Å². The lowest BCUT2D eigenvalue weighted by molar-refractivity contribution is 0.426. The van der Waals surface area contributed by atoms with Crippen LogP contribution in [0.1, 0.15) is 32.8 Å². The molecule has 2 N–H and O–H groups in total. The molecule has 0 saturated heterocycles. The Morgan fingerprint density at radius 1 is 0.457 bits per heavy atom. The maximum Gasteiger partial charge on any atom is 0.488 e. The molecule has 0 fully saturated rings. The van der Waals surface area contributed by atoms with Crippen molar-refractivity contribution in [2.75, 3.05) is 0 Å². The molecule has 8 rings (SSSR count). The summed E-state index contributed by atoms with van der Waals surface area (Å²) in [5, 5.41) is 23.6. The van der Waals surface area contributed by atoms with Gasteiger partial charge in [-0.2, -0.15) is 0 Å². The van der Waals surface area contributed by atoms with E-state index in [-0.39, 0.29) is 0 Å². The van der Waals surface area contributed by atoms with Crippen molar-refractivity contribution in [1.82, 2.24) is 9.13 Å². The van der Waals surface area contributed by atoms with Gasteiger partial charge >= 0.3 is 7.12 Å². The lowest BCUT2D eigenvalue weighted by atomic mass is 9.80. The van der Waals surface area contributed by atoms with Gasteiger partial charge < -0.3 is 19.2 Å². The summed E-state index contributed by atoms with van der Waals surface area (Å²) in [7, 11) is -1.46. The molecule has 0 amide bonds. The van der Waals surface area contributed by atoms with E-state index in [2.05, 4.69) is 127 Å². The summed E-state index contributed by atoms with van der Waals surface area (Å²) in [5.41, 5.74) is 8.90. The molecule has 8 aromatic rings. The molecule has 0 saturated carbocycles. The van der Waals surface area contributed by atoms with Crippen LogP contribution in [0.4, 0.5) is 0 Å². The molecule has 5 heteroatoms. The first-order valence-electron chi connectivity index (χ1n) is 16.1. The van der Waals surface area contributed by atoms with Gasteiger partial charge in [0.15, 0.2) is 0 Å². The van der Waals surface area contributed by atoms with Crippen LogP contribution in [0, 0.1) is 0 Å². The van der Waals surface area contributed by atoms with Crippen LogP contribution in [-0.4, -0.2) is 26.3 Å². The molecular weight excluding hydrogens is 563 g/mol. The topological polar surface area (TPSA) is 50.3 Å². The third-order valence-electron chi connectivity index (χ3n) is 8.17. The van der Waals surface area contributed by atoms with Gasteiger partial charge in [-0.3, -0.25) is 0 Å². The number of benzene rings is 6. The minimum atomic E-state index is -1.46. The predicted octanol–water partition coefficient (Wildman–Crippen LogP) is 9.23. The van der Waals surface area contributed by atoms with Crippen LogP contribution >= 0.6 is 0 Å². The van der Waals surface area contributed by atoms with Crippen LogP contribution in [-0.2, 0) is 6.42 Å². The highest BCUT2D eigenvalue weighted by atomic mass is 16.4. The molecule has 228 valence electrons. The summed E-state index contributed by atoms with van der Waals surface area (Å²) in [6.07, 6.45) is 2.32.